The SMILES string of the molecule is CC(C)O.CC(C)O.CC(C)O.COc1cccc(C(C)(O)N(C)C)c1.[Ti]. The Labute approximate surface area is 181 Å². The van der Waals surface area contributed by atoms with E-state index < -0.39 is 5.72 Å². The number of rotatable bonds is 3. The van der Waals surface area contributed by atoms with Crippen molar-refractivity contribution in [2.45, 2.75) is 72.5 Å². The first-order valence-electron chi connectivity index (χ1n) is 8.76. The van der Waals surface area contributed by atoms with E-state index in [0.717, 1.165) is 11.3 Å². The first-order chi connectivity index (χ1) is 11.7. The van der Waals surface area contributed by atoms with Crippen molar-refractivity contribution < 1.29 is 46.9 Å². The van der Waals surface area contributed by atoms with Crippen molar-refractivity contribution in [2.75, 3.05) is 21.2 Å². The van der Waals surface area contributed by atoms with E-state index in [2.05, 4.69) is 0 Å². The Morgan fingerprint density at radius 3 is 1.48 bits per heavy atom. The Balaban J connectivity index is -0.000000169. The summed E-state index contributed by atoms with van der Waals surface area (Å²) in [6.07, 6.45) is -0.500. The fourth-order valence-electron chi connectivity index (χ4n) is 1.18. The molecular formula is C20H41NO5Ti. The predicted molar refractivity (Wildman–Crippen MR) is 108 cm³/mol. The van der Waals surface area contributed by atoms with Crippen molar-refractivity contribution in [3.63, 3.8) is 0 Å². The molecular weight excluding hydrogens is 382 g/mol. The normalized spacial score (nSPS) is 11.9. The van der Waals surface area contributed by atoms with Gasteiger partial charge in [-0.05, 0) is 74.7 Å². The molecule has 1 unspecified atom stereocenters. The van der Waals surface area contributed by atoms with Crippen LogP contribution in [0.1, 0.15) is 54.0 Å². The van der Waals surface area contributed by atoms with Gasteiger partial charge in [0.15, 0.2) is 0 Å². The molecule has 0 aromatic heterocycles. The molecule has 6 nitrogen and oxygen atoms in total. The molecule has 0 radical (unpaired) electrons. The topological polar surface area (TPSA) is 93.4 Å². The van der Waals surface area contributed by atoms with E-state index in [1.807, 2.05) is 38.4 Å². The van der Waals surface area contributed by atoms with Crippen LogP contribution in [0.3, 0.4) is 0 Å². The minimum absolute atomic E-state index is 0. The van der Waals surface area contributed by atoms with Crippen LogP contribution in [-0.2, 0) is 27.4 Å². The van der Waals surface area contributed by atoms with Crippen molar-refractivity contribution in [1.29, 1.82) is 0 Å². The van der Waals surface area contributed by atoms with Gasteiger partial charge in [0.2, 0.25) is 0 Å². The van der Waals surface area contributed by atoms with Gasteiger partial charge in [-0.2, -0.15) is 0 Å². The molecule has 1 rings (SSSR count). The van der Waals surface area contributed by atoms with Gasteiger partial charge in [-0.1, -0.05) is 12.1 Å². The van der Waals surface area contributed by atoms with Crippen LogP contribution in [-0.4, -0.2) is 64.8 Å². The predicted octanol–water partition coefficient (Wildman–Crippen LogP) is 2.58. The van der Waals surface area contributed by atoms with Gasteiger partial charge >= 0.3 is 0 Å². The molecule has 0 spiro atoms. The molecule has 0 aliphatic heterocycles. The number of aliphatic hydroxyl groups is 4. The number of nitrogens with zero attached hydrogens (tertiary/aromatic N) is 1. The minimum atomic E-state index is -0.964. The van der Waals surface area contributed by atoms with Crippen LogP contribution in [0, 0.1) is 0 Å². The van der Waals surface area contributed by atoms with Crippen molar-refractivity contribution in [3.05, 3.63) is 29.8 Å². The third-order valence-electron chi connectivity index (χ3n) is 2.49. The van der Waals surface area contributed by atoms with Crippen LogP contribution in [0.15, 0.2) is 24.3 Å². The molecule has 4 N–H and O–H groups in total. The van der Waals surface area contributed by atoms with Gasteiger partial charge in [0.1, 0.15) is 11.5 Å². The number of hydrogen-bond donors (Lipinski definition) is 4. The number of methoxy groups -OCH3 is 1. The maximum Gasteiger partial charge on any atom is 0.141 e. The van der Waals surface area contributed by atoms with Crippen LogP contribution >= 0.6 is 0 Å². The Morgan fingerprint density at radius 2 is 1.22 bits per heavy atom. The van der Waals surface area contributed by atoms with Gasteiger partial charge in [0.05, 0.1) is 7.11 Å². The molecule has 0 bridgehead atoms. The van der Waals surface area contributed by atoms with Crippen molar-refractivity contribution in [3.8, 4) is 5.75 Å². The van der Waals surface area contributed by atoms with E-state index in [-0.39, 0.29) is 40.0 Å². The number of benzene rings is 1. The number of hydrogen-bond acceptors (Lipinski definition) is 6. The standard InChI is InChI=1S/C11H17NO2.3C3H8O.Ti/c1-11(13,12(2)3)9-6-5-7-10(8-9)14-4;3*1-3(2)4;/h5-8,13H,1-4H3;3*3-4H,1-2H3;. The Bertz CT molecular complexity index is 416. The zero-order valence-electron chi connectivity index (χ0n) is 18.7. The second-order valence-corrected chi connectivity index (χ2v) is 6.93. The minimum Gasteiger partial charge on any atom is -0.497 e. The molecule has 1 aromatic carbocycles. The van der Waals surface area contributed by atoms with Crippen LogP contribution < -0.4 is 4.74 Å². The monoisotopic (exact) mass is 423 g/mol. The average Bonchev–Trinajstić information content (AvgIpc) is 2.45. The first-order valence-corrected chi connectivity index (χ1v) is 8.76. The summed E-state index contributed by atoms with van der Waals surface area (Å²) in [6.45, 7) is 12.1. The quantitative estimate of drug-likeness (QED) is 0.441. The number of aliphatic hydroxyl groups excluding tert-OH is 3. The summed E-state index contributed by atoms with van der Waals surface area (Å²) in [5, 5.41) is 34.3. The largest absolute Gasteiger partial charge is 0.497 e. The summed E-state index contributed by atoms with van der Waals surface area (Å²) in [5.74, 6) is 0.754. The molecule has 27 heavy (non-hydrogen) atoms. The summed E-state index contributed by atoms with van der Waals surface area (Å²) in [4.78, 5) is 1.75. The average molecular weight is 423 g/mol. The molecule has 0 aliphatic carbocycles. The Kier molecular flexibility index (Phi) is 23.8. The Hall–Kier alpha value is -0.466. The summed E-state index contributed by atoms with van der Waals surface area (Å²) in [7, 11) is 5.28. The number of ether oxygens (including phenoxy) is 1. The van der Waals surface area contributed by atoms with Crippen molar-refractivity contribution >= 4 is 0 Å². The molecule has 1 atom stereocenters. The fourth-order valence-corrected chi connectivity index (χ4v) is 1.18. The van der Waals surface area contributed by atoms with Gasteiger partial charge in [0, 0.05) is 45.6 Å². The van der Waals surface area contributed by atoms with Gasteiger partial charge in [-0.25, -0.2) is 0 Å². The molecule has 0 amide bonds. The molecule has 7 heteroatoms. The molecule has 160 valence electrons. The molecule has 0 saturated heterocycles. The molecule has 0 aliphatic rings. The third-order valence-corrected chi connectivity index (χ3v) is 2.49. The van der Waals surface area contributed by atoms with Crippen molar-refractivity contribution in [2.24, 2.45) is 0 Å². The second-order valence-electron chi connectivity index (χ2n) is 6.93. The van der Waals surface area contributed by atoms with Gasteiger partial charge in [0.25, 0.3) is 0 Å². The van der Waals surface area contributed by atoms with E-state index in [1.54, 1.807) is 60.5 Å². The van der Waals surface area contributed by atoms with Gasteiger partial charge in [-0.15, -0.1) is 0 Å². The van der Waals surface area contributed by atoms with Crippen molar-refractivity contribution in [1.82, 2.24) is 4.90 Å². The first kappa shape index (κ1) is 34.1. The molecule has 1 aromatic rings. The smallest absolute Gasteiger partial charge is 0.141 e. The van der Waals surface area contributed by atoms with Crippen LogP contribution in [0.4, 0.5) is 0 Å². The summed E-state index contributed by atoms with van der Waals surface area (Å²) in [5.41, 5.74) is -0.143. The van der Waals surface area contributed by atoms with Crippen LogP contribution in [0.2, 0.25) is 0 Å². The second kappa shape index (κ2) is 18.9. The van der Waals surface area contributed by atoms with Gasteiger partial charge < -0.3 is 25.2 Å². The van der Waals surface area contributed by atoms with E-state index in [0.29, 0.717) is 0 Å². The fraction of sp³-hybridized carbons (Fsp3) is 0.700. The summed E-state index contributed by atoms with van der Waals surface area (Å²) < 4.78 is 5.10. The van der Waals surface area contributed by atoms with Crippen LogP contribution in [0.5, 0.6) is 5.75 Å². The van der Waals surface area contributed by atoms with Gasteiger partial charge in [-0.3, -0.25) is 4.90 Å². The molecule has 0 heterocycles. The van der Waals surface area contributed by atoms with E-state index in [4.69, 9.17) is 20.1 Å². The Morgan fingerprint density at radius 1 is 0.889 bits per heavy atom. The maximum absolute atomic E-state index is 10.2. The zero-order valence-corrected chi connectivity index (χ0v) is 20.2. The summed E-state index contributed by atoms with van der Waals surface area (Å²) in [6, 6.07) is 7.43. The van der Waals surface area contributed by atoms with E-state index in [9.17, 15) is 5.11 Å². The maximum atomic E-state index is 10.2. The zero-order chi connectivity index (χ0) is 21.5. The summed E-state index contributed by atoms with van der Waals surface area (Å²) >= 11 is 0. The van der Waals surface area contributed by atoms with E-state index in [1.165, 1.54) is 0 Å². The van der Waals surface area contributed by atoms with Crippen LogP contribution in [0.25, 0.3) is 0 Å². The van der Waals surface area contributed by atoms with E-state index >= 15 is 0 Å². The third kappa shape index (κ3) is 25.5. The molecule has 0 fully saturated rings. The molecule has 0 saturated carbocycles.